The van der Waals surface area contributed by atoms with Gasteiger partial charge in [-0.25, -0.2) is 0 Å². The monoisotopic (exact) mass is 523 g/mol. The van der Waals surface area contributed by atoms with E-state index in [0.717, 1.165) is 13.2 Å². The van der Waals surface area contributed by atoms with Crippen LogP contribution in [-0.4, -0.2) is 158 Å². The third-order valence-corrected chi connectivity index (χ3v) is 4.22. The molecule has 0 rings (SSSR count). The Morgan fingerprint density at radius 2 is 0.611 bits per heavy atom. The van der Waals surface area contributed by atoms with Gasteiger partial charge in [-0.2, -0.15) is 0 Å². The molecule has 0 spiro atoms. The molecular formula is C25H49NO10. The van der Waals surface area contributed by atoms with Gasteiger partial charge in [0.2, 0.25) is 0 Å². The van der Waals surface area contributed by atoms with Crippen LogP contribution in [-0.2, 0) is 47.4 Å². The van der Waals surface area contributed by atoms with Crippen LogP contribution in [0.15, 0.2) is 0 Å². The van der Waals surface area contributed by atoms with Crippen LogP contribution in [0.3, 0.4) is 0 Å². The van der Waals surface area contributed by atoms with Gasteiger partial charge in [-0.05, 0) is 14.1 Å². The van der Waals surface area contributed by atoms with Gasteiger partial charge in [-0.3, -0.25) is 0 Å². The van der Waals surface area contributed by atoms with Crippen molar-refractivity contribution >= 4 is 0 Å². The summed E-state index contributed by atoms with van der Waals surface area (Å²) in [5.41, 5.74) is 0. The van der Waals surface area contributed by atoms with Crippen LogP contribution in [0.5, 0.6) is 0 Å². The van der Waals surface area contributed by atoms with Crippen LogP contribution >= 0.6 is 0 Å². The van der Waals surface area contributed by atoms with Crippen LogP contribution < -0.4 is 0 Å². The molecular weight excluding hydrogens is 474 g/mol. The normalized spacial score (nSPS) is 11.4. The topological polar surface area (TPSA) is 95.5 Å². The first-order valence-electron chi connectivity index (χ1n) is 12.6. The molecule has 0 atom stereocenters. The molecule has 0 unspecified atom stereocenters. The summed E-state index contributed by atoms with van der Waals surface area (Å²) in [6, 6.07) is 0. The van der Waals surface area contributed by atoms with Gasteiger partial charge in [0.05, 0.1) is 126 Å². The van der Waals surface area contributed by atoms with Crippen molar-refractivity contribution in [2.75, 3.05) is 153 Å². The molecule has 11 nitrogen and oxygen atoms in total. The summed E-state index contributed by atoms with van der Waals surface area (Å²) in [6.07, 6.45) is 5.07. The van der Waals surface area contributed by atoms with Crippen molar-refractivity contribution in [2.45, 2.75) is 0 Å². The van der Waals surface area contributed by atoms with E-state index < -0.39 is 0 Å². The van der Waals surface area contributed by atoms with E-state index in [2.05, 4.69) is 10.8 Å². The highest BCUT2D eigenvalue weighted by Gasteiger charge is 1.96. The minimum absolute atomic E-state index is 0.312. The van der Waals surface area contributed by atoms with Gasteiger partial charge < -0.3 is 52.3 Å². The first-order valence-corrected chi connectivity index (χ1v) is 12.6. The molecule has 0 aliphatic rings. The van der Waals surface area contributed by atoms with Crippen molar-refractivity contribution < 1.29 is 47.4 Å². The number of hydrogen-bond acceptors (Lipinski definition) is 11. The van der Waals surface area contributed by atoms with E-state index in [-0.39, 0.29) is 0 Å². The lowest BCUT2D eigenvalue weighted by atomic mass is 10.6. The lowest BCUT2D eigenvalue weighted by molar-refractivity contribution is -0.0262. The van der Waals surface area contributed by atoms with Crippen LogP contribution in [0.1, 0.15) is 0 Å². The van der Waals surface area contributed by atoms with Gasteiger partial charge in [-0.15, -0.1) is 6.42 Å². The molecule has 0 aliphatic carbocycles. The summed E-state index contributed by atoms with van der Waals surface area (Å²) in [7, 11) is 4.04. The highest BCUT2D eigenvalue weighted by atomic mass is 16.6. The van der Waals surface area contributed by atoms with Crippen molar-refractivity contribution in [3.05, 3.63) is 0 Å². The predicted octanol–water partition coefficient (Wildman–Crippen LogP) is 0.347. The Bertz CT molecular complexity index is 451. The predicted molar refractivity (Wildman–Crippen MR) is 136 cm³/mol. The van der Waals surface area contributed by atoms with Gasteiger partial charge >= 0.3 is 0 Å². The van der Waals surface area contributed by atoms with Gasteiger partial charge in [0.1, 0.15) is 6.61 Å². The Morgan fingerprint density at radius 1 is 0.389 bits per heavy atom. The van der Waals surface area contributed by atoms with Crippen molar-refractivity contribution in [3.63, 3.8) is 0 Å². The lowest BCUT2D eigenvalue weighted by Crippen LogP contribution is -2.19. The molecule has 0 fully saturated rings. The molecule has 0 radical (unpaired) electrons. The van der Waals surface area contributed by atoms with Crippen LogP contribution in [0.2, 0.25) is 0 Å². The minimum atomic E-state index is 0.312. The number of ether oxygens (including phenoxy) is 10. The summed E-state index contributed by atoms with van der Waals surface area (Å²) in [6.45, 7) is 11.5. The zero-order valence-corrected chi connectivity index (χ0v) is 22.5. The van der Waals surface area contributed by atoms with E-state index in [1.165, 1.54) is 0 Å². The quantitative estimate of drug-likeness (QED) is 0.0930. The minimum Gasteiger partial charge on any atom is -0.378 e. The van der Waals surface area contributed by atoms with Crippen LogP contribution in [0.25, 0.3) is 0 Å². The number of likely N-dealkylation sites (N-methyl/N-ethyl adjacent to an activating group) is 1. The second kappa shape index (κ2) is 32.1. The van der Waals surface area contributed by atoms with E-state index in [1.54, 1.807) is 0 Å². The highest BCUT2D eigenvalue weighted by Crippen LogP contribution is 1.86. The third-order valence-electron chi connectivity index (χ3n) is 4.22. The molecule has 0 bridgehead atoms. The summed E-state index contributed by atoms with van der Waals surface area (Å²) in [5.74, 6) is 2.40. The maximum absolute atomic E-state index is 5.45. The SMILES string of the molecule is C#CCOCCOCCOCCOCCOCCOCCOCCOCCOCCOCCN(C)C. The maximum Gasteiger partial charge on any atom is 0.107 e. The highest BCUT2D eigenvalue weighted by molar-refractivity contribution is 4.82. The second-order valence-corrected chi connectivity index (χ2v) is 7.57. The van der Waals surface area contributed by atoms with Gasteiger partial charge in [-0.1, -0.05) is 5.92 Å². The largest absolute Gasteiger partial charge is 0.378 e. The Balaban J connectivity index is 3.02. The van der Waals surface area contributed by atoms with Crippen LogP contribution in [0.4, 0.5) is 0 Å². The zero-order chi connectivity index (χ0) is 26.2. The summed E-state index contributed by atoms with van der Waals surface area (Å²) >= 11 is 0. The lowest BCUT2D eigenvalue weighted by Gasteiger charge is -2.10. The molecule has 0 saturated heterocycles. The van der Waals surface area contributed by atoms with Gasteiger partial charge in [0, 0.05) is 6.54 Å². The molecule has 0 N–H and O–H groups in total. The summed E-state index contributed by atoms with van der Waals surface area (Å²) < 4.78 is 53.9. The first-order chi connectivity index (χ1) is 17.8. The molecule has 214 valence electrons. The molecule has 0 heterocycles. The molecule has 36 heavy (non-hydrogen) atoms. The van der Waals surface area contributed by atoms with E-state index in [1.807, 2.05) is 14.1 Å². The Labute approximate surface area is 217 Å². The average molecular weight is 524 g/mol. The summed E-state index contributed by atoms with van der Waals surface area (Å²) in [4.78, 5) is 2.08. The molecule has 0 aromatic rings. The number of hydrogen-bond donors (Lipinski definition) is 0. The average Bonchev–Trinajstić information content (AvgIpc) is 2.87. The van der Waals surface area contributed by atoms with Gasteiger partial charge in [0.25, 0.3) is 0 Å². The van der Waals surface area contributed by atoms with Crippen molar-refractivity contribution in [1.82, 2.24) is 4.90 Å². The molecule has 0 amide bonds. The van der Waals surface area contributed by atoms with Crippen molar-refractivity contribution in [3.8, 4) is 12.3 Å². The number of terminal acetylenes is 1. The molecule has 11 heteroatoms. The van der Waals surface area contributed by atoms with Gasteiger partial charge in [0.15, 0.2) is 0 Å². The fraction of sp³-hybridized carbons (Fsp3) is 0.920. The number of nitrogens with zero attached hydrogens (tertiary/aromatic N) is 1. The Morgan fingerprint density at radius 3 is 0.833 bits per heavy atom. The van der Waals surface area contributed by atoms with E-state index >= 15 is 0 Å². The third kappa shape index (κ3) is 33.1. The molecule has 0 aromatic carbocycles. The Hall–Kier alpha value is -0.880. The maximum atomic E-state index is 5.45. The number of rotatable bonds is 31. The van der Waals surface area contributed by atoms with Crippen LogP contribution in [0, 0.1) is 12.3 Å². The van der Waals surface area contributed by atoms with Crippen molar-refractivity contribution in [2.24, 2.45) is 0 Å². The molecule has 0 saturated carbocycles. The first kappa shape index (κ1) is 35.1. The standard InChI is InChI=1S/C25H49NO10/c1-4-6-27-8-10-29-12-14-31-16-18-33-20-22-35-24-25-36-23-21-34-19-17-32-15-13-30-11-9-28-7-5-26(2)3/h1H,5-25H2,2-3H3. The zero-order valence-electron chi connectivity index (χ0n) is 22.5. The fourth-order valence-electron chi connectivity index (χ4n) is 2.36. The smallest absolute Gasteiger partial charge is 0.107 e. The summed E-state index contributed by atoms with van der Waals surface area (Å²) in [5, 5.41) is 0. The molecule has 0 aliphatic heterocycles. The fourth-order valence-corrected chi connectivity index (χ4v) is 2.36. The van der Waals surface area contributed by atoms with Crippen molar-refractivity contribution in [1.29, 1.82) is 0 Å². The second-order valence-electron chi connectivity index (χ2n) is 7.57. The molecule has 0 aromatic heterocycles. The van der Waals surface area contributed by atoms with E-state index in [0.29, 0.717) is 126 Å². The van der Waals surface area contributed by atoms with E-state index in [4.69, 9.17) is 53.8 Å². The van der Waals surface area contributed by atoms with E-state index in [9.17, 15) is 0 Å². The Kier molecular flexibility index (Phi) is 31.4.